The van der Waals surface area contributed by atoms with Gasteiger partial charge in [-0.1, -0.05) is 35.2 Å². The van der Waals surface area contributed by atoms with Gasteiger partial charge in [0.1, 0.15) is 11.5 Å². The van der Waals surface area contributed by atoms with Crippen LogP contribution in [-0.4, -0.2) is 51.7 Å². The second-order valence-corrected chi connectivity index (χ2v) is 10.5. The molecule has 0 bridgehead atoms. The van der Waals surface area contributed by atoms with Gasteiger partial charge in [0.15, 0.2) is 0 Å². The van der Waals surface area contributed by atoms with Crippen molar-refractivity contribution in [3.8, 4) is 11.5 Å². The number of carbonyl (C=O) groups excluding carboxylic acids is 1. The number of hydrogen-bond donors (Lipinski definition) is 1. The van der Waals surface area contributed by atoms with Crippen molar-refractivity contribution < 1.29 is 22.7 Å². The van der Waals surface area contributed by atoms with E-state index < -0.39 is 15.9 Å². The fraction of sp³-hybridized carbons (Fsp3) is 0.391. The maximum Gasteiger partial charge on any atom is 0.255 e. The van der Waals surface area contributed by atoms with Gasteiger partial charge in [0.25, 0.3) is 5.91 Å². The van der Waals surface area contributed by atoms with Crippen LogP contribution in [-0.2, 0) is 14.8 Å². The lowest BCUT2D eigenvalue weighted by atomic mass is 9.95. The van der Waals surface area contributed by atoms with Crippen molar-refractivity contribution >= 4 is 38.1 Å². The molecule has 1 amide bonds. The van der Waals surface area contributed by atoms with Crippen LogP contribution < -0.4 is 14.9 Å². The molecule has 1 aliphatic carbocycles. The lowest BCUT2D eigenvalue weighted by Crippen LogP contribution is -2.46. The maximum absolute atomic E-state index is 13.4. The molecule has 33 heavy (non-hydrogen) atoms. The molecule has 2 aromatic rings. The number of hydrazone groups is 1. The summed E-state index contributed by atoms with van der Waals surface area (Å²) in [7, 11) is -0.760. The number of methoxy groups -OCH3 is 2. The molecule has 0 radical (unpaired) electrons. The highest BCUT2D eigenvalue weighted by atomic mass is 79.9. The number of sulfonamides is 1. The number of nitrogens with zero attached hydrogens (tertiary/aromatic N) is 2. The van der Waals surface area contributed by atoms with E-state index in [1.165, 1.54) is 17.6 Å². The zero-order valence-corrected chi connectivity index (χ0v) is 21.1. The van der Waals surface area contributed by atoms with Crippen molar-refractivity contribution in [3.05, 3.63) is 52.5 Å². The summed E-state index contributed by atoms with van der Waals surface area (Å²) < 4.78 is 39.4. The van der Waals surface area contributed by atoms with E-state index in [0.717, 1.165) is 36.6 Å². The van der Waals surface area contributed by atoms with Crippen LogP contribution in [0.2, 0.25) is 0 Å². The molecule has 1 aliphatic rings. The number of amides is 1. The third kappa shape index (κ3) is 6.55. The zero-order valence-electron chi connectivity index (χ0n) is 18.7. The summed E-state index contributed by atoms with van der Waals surface area (Å²) in [6.07, 6.45) is 5.84. The van der Waals surface area contributed by atoms with Crippen molar-refractivity contribution in [2.24, 2.45) is 5.10 Å². The van der Waals surface area contributed by atoms with Crippen LogP contribution >= 0.6 is 15.9 Å². The summed E-state index contributed by atoms with van der Waals surface area (Å²) in [6.45, 7) is -0.310. The lowest BCUT2D eigenvalue weighted by molar-refractivity contribution is -0.121. The third-order valence-electron chi connectivity index (χ3n) is 5.53. The van der Waals surface area contributed by atoms with E-state index >= 15 is 0 Å². The van der Waals surface area contributed by atoms with E-state index in [9.17, 15) is 13.2 Å². The van der Waals surface area contributed by atoms with Gasteiger partial charge < -0.3 is 9.47 Å². The van der Waals surface area contributed by atoms with Crippen molar-refractivity contribution in [2.75, 3.05) is 20.8 Å². The van der Waals surface area contributed by atoms with Crippen molar-refractivity contribution in [3.63, 3.8) is 0 Å². The molecule has 0 spiro atoms. The number of nitrogens with one attached hydrogen (secondary N) is 1. The number of benzene rings is 2. The number of rotatable bonds is 9. The zero-order chi connectivity index (χ0) is 23.8. The maximum atomic E-state index is 13.4. The van der Waals surface area contributed by atoms with Gasteiger partial charge in [-0.3, -0.25) is 4.79 Å². The van der Waals surface area contributed by atoms with E-state index in [4.69, 9.17) is 9.47 Å². The van der Waals surface area contributed by atoms with Gasteiger partial charge in [0.2, 0.25) is 10.0 Å². The van der Waals surface area contributed by atoms with Gasteiger partial charge >= 0.3 is 0 Å². The van der Waals surface area contributed by atoms with Crippen LogP contribution in [0.1, 0.15) is 37.7 Å². The Balaban J connectivity index is 1.77. The van der Waals surface area contributed by atoms with Crippen LogP contribution in [0.3, 0.4) is 0 Å². The number of carbonyl (C=O) groups is 1. The van der Waals surface area contributed by atoms with Crippen molar-refractivity contribution in [2.45, 2.75) is 43.0 Å². The molecule has 0 heterocycles. The SMILES string of the molecule is COc1ccc(OC)c(/C=N/NC(=O)CN(C2CCCCC2)S(=O)(=O)c2ccc(Br)cc2)c1. The Labute approximate surface area is 203 Å². The third-order valence-corrected chi connectivity index (χ3v) is 7.97. The van der Waals surface area contributed by atoms with Crippen LogP contribution in [0.5, 0.6) is 11.5 Å². The molecule has 3 rings (SSSR count). The largest absolute Gasteiger partial charge is 0.497 e. The normalized spacial score (nSPS) is 15.0. The van der Waals surface area contributed by atoms with Gasteiger partial charge in [-0.05, 0) is 55.3 Å². The number of halogens is 1. The fourth-order valence-electron chi connectivity index (χ4n) is 3.81. The van der Waals surface area contributed by atoms with Gasteiger partial charge in [-0.2, -0.15) is 9.41 Å². The Morgan fingerprint density at radius 2 is 1.82 bits per heavy atom. The molecule has 10 heteroatoms. The first-order chi connectivity index (χ1) is 15.8. The lowest BCUT2D eigenvalue weighted by Gasteiger charge is -2.32. The Morgan fingerprint density at radius 1 is 1.12 bits per heavy atom. The molecule has 0 unspecified atom stereocenters. The van der Waals surface area contributed by atoms with Gasteiger partial charge in [-0.15, -0.1) is 0 Å². The van der Waals surface area contributed by atoms with Gasteiger partial charge in [-0.25, -0.2) is 13.8 Å². The van der Waals surface area contributed by atoms with Crippen LogP contribution in [0.4, 0.5) is 0 Å². The van der Waals surface area contributed by atoms with Crippen LogP contribution in [0.25, 0.3) is 0 Å². The summed E-state index contributed by atoms with van der Waals surface area (Å²) >= 11 is 3.33. The molecule has 0 aliphatic heterocycles. The Kier molecular flexibility index (Phi) is 8.87. The fourth-order valence-corrected chi connectivity index (χ4v) is 5.72. The molecular weight excluding hydrogens is 510 g/mol. The predicted octanol–water partition coefficient (Wildman–Crippen LogP) is 3.94. The first kappa shape index (κ1) is 25.2. The van der Waals surface area contributed by atoms with Gasteiger partial charge in [0, 0.05) is 16.1 Å². The monoisotopic (exact) mass is 537 g/mol. The standard InChI is InChI=1S/C23H28BrN3O5S/c1-31-20-10-13-22(32-2)17(14-20)15-25-26-23(28)16-27(19-6-4-3-5-7-19)33(29,30)21-11-8-18(24)9-12-21/h8-15,19H,3-7,16H2,1-2H3,(H,26,28)/b25-15+. The average molecular weight is 538 g/mol. The minimum absolute atomic E-state index is 0.161. The second kappa shape index (κ2) is 11.6. The Hall–Kier alpha value is -2.43. The molecule has 0 atom stereocenters. The number of ether oxygens (including phenoxy) is 2. The molecule has 1 N–H and O–H groups in total. The van der Waals surface area contributed by atoms with Crippen LogP contribution in [0.15, 0.2) is 56.9 Å². The molecule has 0 saturated heterocycles. The Bertz CT molecular complexity index is 1080. The van der Waals surface area contributed by atoms with Gasteiger partial charge in [0.05, 0.1) is 31.9 Å². The minimum Gasteiger partial charge on any atom is -0.497 e. The second-order valence-electron chi connectivity index (χ2n) is 7.70. The molecular formula is C23H28BrN3O5S. The first-order valence-corrected chi connectivity index (χ1v) is 12.9. The van der Waals surface area contributed by atoms with Crippen molar-refractivity contribution in [1.29, 1.82) is 0 Å². The average Bonchev–Trinajstić information content (AvgIpc) is 2.83. The summed E-state index contributed by atoms with van der Waals surface area (Å²) in [4.78, 5) is 12.9. The quantitative estimate of drug-likeness (QED) is 0.386. The highest BCUT2D eigenvalue weighted by molar-refractivity contribution is 9.10. The topological polar surface area (TPSA) is 97.3 Å². The summed E-state index contributed by atoms with van der Waals surface area (Å²) in [5.41, 5.74) is 3.06. The minimum atomic E-state index is -3.85. The van der Waals surface area contributed by atoms with E-state index in [1.54, 1.807) is 49.6 Å². The molecule has 178 valence electrons. The predicted molar refractivity (Wildman–Crippen MR) is 130 cm³/mol. The molecule has 8 nitrogen and oxygen atoms in total. The highest BCUT2D eigenvalue weighted by Gasteiger charge is 2.33. The van der Waals surface area contributed by atoms with Crippen LogP contribution in [0, 0.1) is 0 Å². The first-order valence-electron chi connectivity index (χ1n) is 10.7. The van der Waals surface area contributed by atoms with E-state index in [-0.39, 0.29) is 17.5 Å². The van der Waals surface area contributed by atoms with E-state index in [1.807, 2.05) is 0 Å². The molecule has 1 saturated carbocycles. The molecule has 0 aromatic heterocycles. The molecule has 1 fully saturated rings. The molecule has 2 aromatic carbocycles. The summed E-state index contributed by atoms with van der Waals surface area (Å²) in [5.74, 6) is 0.669. The highest BCUT2D eigenvalue weighted by Crippen LogP contribution is 2.28. The summed E-state index contributed by atoms with van der Waals surface area (Å²) in [6, 6.07) is 11.4. The van der Waals surface area contributed by atoms with Crippen molar-refractivity contribution in [1.82, 2.24) is 9.73 Å². The smallest absolute Gasteiger partial charge is 0.255 e. The number of hydrogen-bond acceptors (Lipinski definition) is 6. The van der Waals surface area contributed by atoms with E-state index in [0.29, 0.717) is 17.1 Å². The Morgan fingerprint density at radius 3 is 2.45 bits per heavy atom. The summed E-state index contributed by atoms with van der Waals surface area (Å²) in [5, 5.41) is 4.00. The van der Waals surface area contributed by atoms with E-state index in [2.05, 4.69) is 26.5 Å².